The fraction of sp³-hybridized carbons (Fsp3) is 0. The first-order valence-corrected chi connectivity index (χ1v) is 7.27. The summed E-state index contributed by atoms with van der Waals surface area (Å²) in [6, 6.07) is 5.51. The van der Waals surface area contributed by atoms with Crippen molar-refractivity contribution >= 4 is 33.1 Å². The maximum Gasteiger partial charge on any atom is 0.312 e. The molecule has 21 heavy (non-hydrogen) atoms. The van der Waals surface area contributed by atoms with Crippen LogP contribution < -0.4 is 4.72 Å². The van der Waals surface area contributed by atoms with Crippen molar-refractivity contribution in [2.24, 2.45) is 0 Å². The molecule has 2 rings (SSSR count). The average molecular weight is 330 g/mol. The topological polar surface area (TPSA) is 122 Å². The lowest BCUT2D eigenvalue weighted by Gasteiger charge is -2.07. The smallest absolute Gasteiger partial charge is 0.312 e. The average Bonchev–Trinajstić information content (AvgIpc) is 2.41. The van der Waals surface area contributed by atoms with Crippen LogP contribution >= 0.6 is 11.6 Å². The highest BCUT2D eigenvalue weighted by atomic mass is 35.5. The molecule has 0 spiro atoms. The number of aromatic nitrogens is 1. The monoisotopic (exact) mass is 329 g/mol. The molecule has 0 aliphatic carbocycles. The van der Waals surface area contributed by atoms with Crippen molar-refractivity contribution in [2.75, 3.05) is 4.72 Å². The van der Waals surface area contributed by atoms with E-state index in [1.807, 2.05) is 0 Å². The Hall–Kier alpha value is -2.39. The number of halogens is 1. The number of hydrogen-bond donors (Lipinski definition) is 2. The second kappa shape index (κ2) is 5.54. The highest BCUT2D eigenvalue weighted by Crippen LogP contribution is 2.28. The lowest BCUT2D eigenvalue weighted by Crippen LogP contribution is -2.14. The molecule has 110 valence electrons. The third-order valence-electron chi connectivity index (χ3n) is 2.42. The number of hydrogen-bond acceptors (Lipinski definition) is 6. The Morgan fingerprint density at radius 1 is 1.29 bits per heavy atom. The van der Waals surface area contributed by atoms with Gasteiger partial charge in [0.25, 0.3) is 10.0 Å². The summed E-state index contributed by atoms with van der Waals surface area (Å²) < 4.78 is 26.3. The van der Waals surface area contributed by atoms with E-state index < -0.39 is 26.4 Å². The van der Waals surface area contributed by atoms with Gasteiger partial charge in [-0.25, -0.2) is 13.4 Å². The highest BCUT2D eigenvalue weighted by molar-refractivity contribution is 7.92. The van der Waals surface area contributed by atoms with Crippen LogP contribution in [-0.4, -0.2) is 23.4 Å². The summed E-state index contributed by atoms with van der Waals surface area (Å²) in [5.74, 6) is -0.612. The third-order valence-corrected chi connectivity index (χ3v) is 4.00. The molecule has 0 saturated heterocycles. The number of nitrogens with zero attached hydrogens (tertiary/aromatic N) is 2. The standard InChI is InChI=1S/C11H8ClN3O5S/c12-7-1-4-11(13-6-7)14-21(19,20)8-2-3-10(16)9(5-8)15(17)18/h1-6,16H,(H,13,14). The number of pyridine rings is 1. The maximum atomic E-state index is 12.1. The number of anilines is 1. The number of sulfonamides is 1. The Morgan fingerprint density at radius 3 is 2.57 bits per heavy atom. The molecule has 0 radical (unpaired) electrons. The number of nitro benzene ring substituents is 1. The molecule has 10 heteroatoms. The van der Waals surface area contributed by atoms with E-state index in [0.29, 0.717) is 5.02 Å². The predicted molar refractivity (Wildman–Crippen MR) is 74.8 cm³/mol. The summed E-state index contributed by atoms with van der Waals surface area (Å²) in [6.07, 6.45) is 1.25. The van der Waals surface area contributed by atoms with Crippen LogP contribution in [0.5, 0.6) is 5.75 Å². The van der Waals surface area contributed by atoms with Crippen LogP contribution in [0.2, 0.25) is 5.02 Å². The van der Waals surface area contributed by atoms with Crippen molar-refractivity contribution in [2.45, 2.75) is 4.90 Å². The van der Waals surface area contributed by atoms with Gasteiger partial charge in [0.05, 0.1) is 14.8 Å². The largest absolute Gasteiger partial charge is 0.502 e. The summed E-state index contributed by atoms with van der Waals surface area (Å²) in [6.45, 7) is 0. The molecular formula is C11H8ClN3O5S. The maximum absolute atomic E-state index is 12.1. The van der Waals surface area contributed by atoms with E-state index in [1.54, 1.807) is 0 Å². The minimum atomic E-state index is -4.07. The van der Waals surface area contributed by atoms with Gasteiger partial charge in [0.2, 0.25) is 0 Å². The van der Waals surface area contributed by atoms with Crippen LogP contribution in [0.3, 0.4) is 0 Å². The number of rotatable bonds is 4. The van der Waals surface area contributed by atoms with Crippen molar-refractivity contribution in [1.82, 2.24) is 4.98 Å². The second-order valence-electron chi connectivity index (χ2n) is 3.87. The molecule has 0 aliphatic heterocycles. The summed E-state index contributed by atoms with van der Waals surface area (Å²) in [5.41, 5.74) is -0.707. The zero-order valence-corrected chi connectivity index (χ0v) is 11.8. The number of nitrogens with one attached hydrogen (secondary N) is 1. The first-order valence-electron chi connectivity index (χ1n) is 5.41. The number of aromatic hydroxyl groups is 1. The van der Waals surface area contributed by atoms with Crippen molar-refractivity contribution < 1.29 is 18.4 Å². The van der Waals surface area contributed by atoms with Gasteiger partial charge in [-0.1, -0.05) is 11.6 Å². The number of benzene rings is 1. The van der Waals surface area contributed by atoms with E-state index in [2.05, 4.69) is 9.71 Å². The first-order chi connectivity index (χ1) is 9.79. The van der Waals surface area contributed by atoms with Gasteiger partial charge in [-0.15, -0.1) is 0 Å². The number of phenols is 1. The Kier molecular flexibility index (Phi) is 3.96. The van der Waals surface area contributed by atoms with E-state index in [9.17, 15) is 23.6 Å². The van der Waals surface area contributed by atoms with E-state index in [1.165, 1.54) is 18.3 Å². The minimum absolute atomic E-state index is 0.00938. The summed E-state index contributed by atoms with van der Waals surface area (Å²) in [4.78, 5) is 13.2. The molecule has 2 aromatic rings. The molecule has 0 bridgehead atoms. The van der Waals surface area contributed by atoms with Crippen molar-refractivity contribution in [3.63, 3.8) is 0 Å². The van der Waals surface area contributed by atoms with E-state index in [4.69, 9.17) is 11.6 Å². The fourth-order valence-corrected chi connectivity index (χ4v) is 2.59. The molecule has 1 heterocycles. The molecule has 0 saturated carbocycles. The van der Waals surface area contributed by atoms with Gasteiger partial charge in [-0.3, -0.25) is 14.8 Å². The molecule has 0 fully saturated rings. The van der Waals surface area contributed by atoms with E-state index in [0.717, 1.165) is 18.2 Å². The van der Waals surface area contributed by atoms with Crippen LogP contribution in [0.4, 0.5) is 11.5 Å². The number of nitro groups is 1. The van der Waals surface area contributed by atoms with Gasteiger partial charge in [0, 0.05) is 12.3 Å². The van der Waals surface area contributed by atoms with Crippen LogP contribution in [0.15, 0.2) is 41.4 Å². The fourth-order valence-electron chi connectivity index (χ4n) is 1.45. The van der Waals surface area contributed by atoms with Crippen LogP contribution in [0.25, 0.3) is 0 Å². The number of phenolic OH excluding ortho intramolecular Hbond substituents is 1. The zero-order chi connectivity index (χ0) is 15.6. The quantitative estimate of drug-likeness (QED) is 0.654. The van der Waals surface area contributed by atoms with Gasteiger partial charge in [-0.05, 0) is 24.3 Å². The van der Waals surface area contributed by atoms with Crippen LogP contribution in [0.1, 0.15) is 0 Å². The molecule has 8 nitrogen and oxygen atoms in total. The van der Waals surface area contributed by atoms with E-state index >= 15 is 0 Å². The third kappa shape index (κ3) is 3.38. The minimum Gasteiger partial charge on any atom is -0.502 e. The molecule has 1 aromatic carbocycles. The lowest BCUT2D eigenvalue weighted by atomic mass is 10.3. The lowest BCUT2D eigenvalue weighted by molar-refractivity contribution is -0.386. The first kappa shape index (κ1) is 15.0. The van der Waals surface area contributed by atoms with E-state index in [-0.39, 0.29) is 10.7 Å². The predicted octanol–water partition coefficient (Wildman–Crippen LogP) is 2.15. The molecule has 1 aromatic heterocycles. The molecule has 0 aliphatic rings. The molecule has 0 amide bonds. The SMILES string of the molecule is O=[N+]([O-])c1cc(S(=O)(=O)Nc2ccc(Cl)cn2)ccc1O. The second-order valence-corrected chi connectivity index (χ2v) is 5.99. The Morgan fingerprint density at radius 2 is 2.00 bits per heavy atom. The van der Waals surface area contributed by atoms with Crippen LogP contribution in [-0.2, 0) is 10.0 Å². The molecule has 0 unspecified atom stereocenters. The van der Waals surface area contributed by atoms with Gasteiger partial charge >= 0.3 is 5.69 Å². The Bertz CT molecular complexity index is 792. The van der Waals surface area contributed by atoms with Crippen molar-refractivity contribution in [3.05, 3.63) is 51.7 Å². The Balaban J connectivity index is 2.38. The van der Waals surface area contributed by atoms with Crippen LogP contribution in [0, 0.1) is 10.1 Å². The molecule has 2 N–H and O–H groups in total. The zero-order valence-electron chi connectivity index (χ0n) is 10.2. The summed E-state index contributed by atoms with van der Waals surface area (Å²) >= 11 is 5.63. The summed E-state index contributed by atoms with van der Waals surface area (Å²) in [5, 5.41) is 20.3. The van der Waals surface area contributed by atoms with Gasteiger partial charge < -0.3 is 5.11 Å². The van der Waals surface area contributed by atoms with Crippen molar-refractivity contribution in [3.8, 4) is 5.75 Å². The Labute approximate surface area is 124 Å². The van der Waals surface area contributed by atoms with Gasteiger partial charge in [0.15, 0.2) is 5.75 Å². The normalized spacial score (nSPS) is 11.1. The van der Waals surface area contributed by atoms with Gasteiger partial charge in [0.1, 0.15) is 5.82 Å². The highest BCUT2D eigenvalue weighted by Gasteiger charge is 2.21. The van der Waals surface area contributed by atoms with Gasteiger partial charge in [-0.2, -0.15) is 0 Å². The molecular weight excluding hydrogens is 322 g/mol. The summed E-state index contributed by atoms with van der Waals surface area (Å²) in [7, 11) is -4.07. The van der Waals surface area contributed by atoms with Crippen molar-refractivity contribution in [1.29, 1.82) is 0 Å². The molecule has 0 atom stereocenters.